The Balaban J connectivity index is 1.23. The third kappa shape index (κ3) is 8.23. The number of carboxylic acid groups (broad SMARTS) is 1. The van der Waals surface area contributed by atoms with E-state index in [9.17, 15) is 19.5 Å². The summed E-state index contributed by atoms with van der Waals surface area (Å²) in [6, 6.07) is 14.1. The van der Waals surface area contributed by atoms with Gasteiger partial charge < -0.3 is 34.2 Å². The fraction of sp³-hybridized carbons (Fsp3) is 0.559. The third-order valence-corrected chi connectivity index (χ3v) is 9.27. The number of hydrogen-bond donors (Lipinski definition) is 1. The summed E-state index contributed by atoms with van der Waals surface area (Å²) in [7, 11) is 0. The normalized spacial score (nSPS) is 18.8. The molecule has 11 heteroatoms. The van der Waals surface area contributed by atoms with E-state index in [1.807, 2.05) is 36.4 Å². The van der Waals surface area contributed by atoms with E-state index in [0.717, 1.165) is 60.1 Å². The van der Waals surface area contributed by atoms with Crippen molar-refractivity contribution in [1.29, 1.82) is 0 Å². The van der Waals surface area contributed by atoms with Crippen molar-refractivity contribution in [2.45, 2.75) is 71.1 Å². The average molecular weight is 686 g/mol. The maximum absolute atomic E-state index is 14.0. The van der Waals surface area contributed by atoms with E-state index in [0.29, 0.717) is 38.5 Å². The Morgan fingerprint density at radius 1 is 1.00 bits per heavy atom. The first-order chi connectivity index (χ1) is 21.6. The number of nitrogens with zero attached hydrogens (tertiary/aromatic N) is 4. The molecule has 0 bridgehead atoms. The standard InChI is InChI=1S/C34H45BrN4O6/c1-4-19-44-30-20-26(35)11-10-24(30)23-39(27-12-13-27)31(40)25-7-6-14-38(22-25)28-8-5-9-29(21-28)45-34(2,3)32(41)36-15-17-37(18-16-36)33(42)43/h5,8-11,20-21,25,27H,4,6-7,12-19,22-23H2,1-3H3,(H,42,43)/t25-/m1/s1. The molecule has 2 saturated heterocycles. The molecular weight excluding hydrogens is 640 g/mol. The molecule has 0 spiro atoms. The van der Waals surface area contributed by atoms with E-state index in [2.05, 4.69) is 38.7 Å². The molecule has 0 aromatic heterocycles. The number of benzene rings is 2. The number of amides is 3. The van der Waals surface area contributed by atoms with Crippen LogP contribution in [-0.2, 0) is 16.1 Å². The molecule has 2 aromatic rings. The quantitative estimate of drug-likeness (QED) is 0.328. The number of rotatable bonds is 11. The van der Waals surface area contributed by atoms with Crippen molar-refractivity contribution in [3.63, 3.8) is 0 Å². The molecule has 3 amide bonds. The molecule has 2 aromatic carbocycles. The summed E-state index contributed by atoms with van der Waals surface area (Å²) in [6.07, 6.45) is 3.79. The summed E-state index contributed by atoms with van der Waals surface area (Å²) < 4.78 is 13.3. The highest BCUT2D eigenvalue weighted by Gasteiger charge is 2.39. The van der Waals surface area contributed by atoms with Gasteiger partial charge in [0.1, 0.15) is 11.5 Å². The summed E-state index contributed by atoms with van der Waals surface area (Å²) in [5.74, 6) is 1.33. The number of halogens is 1. The monoisotopic (exact) mass is 684 g/mol. The second-order valence-corrected chi connectivity index (χ2v) is 13.7. The second-order valence-electron chi connectivity index (χ2n) is 12.8. The van der Waals surface area contributed by atoms with Crippen LogP contribution in [-0.4, -0.2) is 95.2 Å². The number of hydrogen-bond acceptors (Lipinski definition) is 6. The van der Waals surface area contributed by atoms with E-state index in [1.54, 1.807) is 18.7 Å². The highest BCUT2D eigenvalue weighted by molar-refractivity contribution is 9.10. The SMILES string of the molecule is CCCOc1cc(Br)ccc1CN(C(=O)[C@@H]1CCCN(c2cccc(OC(C)(C)C(=O)N3CCN(C(=O)O)CC3)c2)C1)C1CC1. The van der Waals surface area contributed by atoms with E-state index in [1.165, 1.54) is 4.90 Å². The first-order valence-corrected chi connectivity index (χ1v) is 16.9. The molecule has 3 fully saturated rings. The minimum atomic E-state index is -1.12. The van der Waals surface area contributed by atoms with Gasteiger partial charge in [0, 0.05) is 73.6 Å². The summed E-state index contributed by atoms with van der Waals surface area (Å²) in [5, 5.41) is 9.22. The Hall–Kier alpha value is -3.47. The molecule has 2 aliphatic heterocycles. The van der Waals surface area contributed by atoms with Gasteiger partial charge in [-0.3, -0.25) is 9.59 Å². The van der Waals surface area contributed by atoms with Crippen molar-refractivity contribution in [2.24, 2.45) is 5.92 Å². The first kappa shape index (κ1) is 32.9. The van der Waals surface area contributed by atoms with Gasteiger partial charge in [-0.15, -0.1) is 0 Å². The predicted octanol–water partition coefficient (Wildman–Crippen LogP) is 5.63. The van der Waals surface area contributed by atoms with Crippen molar-refractivity contribution in [2.75, 3.05) is 50.8 Å². The van der Waals surface area contributed by atoms with Crippen LogP contribution in [0.1, 0.15) is 58.4 Å². The van der Waals surface area contributed by atoms with Crippen LogP contribution in [0.2, 0.25) is 0 Å². The van der Waals surface area contributed by atoms with Gasteiger partial charge in [-0.1, -0.05) is 35.0 Å². The van der Waals surface area contributed by atoms with Gasteiger partial charge in [0.15, 0.2) is 5.60 Å². The molecule has 1 aliphatic carbocycles. The number of ether oxygens (including phenoxy) is 2. The fourth-order valence-corrected chi connectivity index (χ4v) is 6.51. The van der Waals surface area contributed by atoms with Crippen LogP contribution in [0.15, 0.2) is 46.9 Å². The zero-order valence-electron chi connectivity index (χ0n) is 26.5. The lowest BCUT2D eigenvalue weighted by Crippen LogP contribution is -2.56. The van der Waals surface area contributed by atoms with Gasteiger partial charge in [0.25, 0.3) is 5.91 Å². The molecule has 2 heterocycles. The zero-order valence-corrected chi connectivity index (χ0v) is 28.1. The van der Waals surface area contributed by atoms with Crippen LogP contribution in [0.5, 0.6) is 11.5 Å². The molecule has 0 radical (unpaired) electrons. The number of carbonyl (C=O) groups excluding carboxylic acids is 2. The van der Waals surface area contributed by atoms with E-state index >= 15 is 0 Å². The number of anilines is 1. The van der Waals surface area contributed by atoms with Gasteiger partial charge in [-0.25, -0.2) is 4.79 Å². The molecule has 1 N–H and O–H groups in total. The van der Waals surface area contributed by atoms with Crippen LogP contribution >= 0.6 is 15.9 Å². The minimum absolute atomic E-state index is 0.109. The van der Waals surface area contributed by atoms with Crippen LogP contribution in [0.25, 0.3) is 0 Å². The van der Waals surface area contributed by atoms with Crippen molar-refractivity contribution in [3.8, 4) is 11.5 Å². The minimum Gasteiger partial charge on any atom is -0.493 e. The van der Waals surface area contributed by atoms with E-state index < -0.39 is 11.7 Å². The first-order valence-electron chi connectivity index (χ1n) is 16.1. The number of carbonyl (C=O) groups is 3. The lowest BCUT2D eigenvalue weighted by molar-refractivity contribution is -0.147. The zero-order chi connectivity index (χ0) is 32.1. The Bertz CT molecular complexity index is 1370. The van der Waals surface area contributed by atoms with Crippen molar-refractivity contribution >= 4 is 39.5 Å². The smallest absolute Gasteiger partial charge is 0.407 e. The Kier molecular flexibility index (Phi) is 10.5. The molecule has 45 heavy (non-hydrogen) atoms. The maximum Gasteiger partial charge on any atom is 0.407 e. The lowest BCUT2D eigenvalue weighted by Gasteiger charge is -2.38. The van der Waals surface area contributed by atoms with Crippen molar-refractivity contribution in [3.05, 3.63) is 52.5 Å². The molecule has 0 unspecified atom stereocenters. The van der Waals surface area contributed by atoms with Gasteiger partial charge >= 0.3 is 6.09 Å². The summed E-state index contributed by atoms with van der Waals surface area (Å²) in [6.45, 7) is 9.49. The summed E-state index contributed by atoms with van der Waals surface area (Å²) in [5.41, 5.74) is 0.872. The average Bonchev–Trinajstić information content (AvgIpc) is 3.88. The topological polar surface area (TPSA) is 103 Å². The van der Waals surface area contributed by atoms with Gasteiger partial charge in [-0.05, 0) is 70.2 Å². The van der Waals surface area contributed by atoms with Crippen molar-refractivity contribution in [1.82, 2.24) is 14.7 Å². The maximum atomic E-state index is 14.0. The highest BCUT2D eigenvalue weighted by atomic mass is 79.9. The van der Waals surface area contributed by atoms with E-state index in [4.69, 9.17) is 9.47 Å². The lowest BCUT2D eigenvalue weighted by atomic mass is 9.95. The number of piperidine rings is 1. The van der Waals surface area contributed by atoms with Crippen LogP contribution in [0.3, 0.4) is 0 Å². The largest absolute Gasteiger partial charge is 0.493 e. The fourth-order valence-electron chi connectivity index (χ4n) is 6.17. The molecule has 10 nitrogen and oxygen atoms in total. The summed E-state index contributed by atoms with van der Waals surface area (Å²) >= 11 is 3.56. The van der Waals surface area contributed by atoms with Crippen molar-refractivity contribution < 1.29 is 29.0 Å². The Morgan fingerprint density at radius 2 is 1.73 bits per heavy atom. The van der Waals surface area contributed by atoms with E-state index in [-0.39, 0.29) is 36.9 Å². The summed E-state index contributed by atoms with van der Waals surface area (Å²) in [4.78, 5) is 45.9. The third-order valence-electron chi connectivity index (χ3n) is 8.78. The molecule has 3 aliphatic rings. The van der Waals surface area contributed by atoms with Gasteiger partial charge in [0.05, 0.1) is 12.5 Å². The van der Waals surface area contributed by atoms with Gasteiger partial charge in [0.2, 0.25) is 5.91 Å². The number of piperazine rings is 1. The second kappa shape index (κ2) is 14.3. The van der Waals surface area contributed by atoms with Crippen LogP contribution < -0.4 is 14.4 Å². The Morgan fingerprint density at radius 3 is 2.42 bits per heavy atom. The molecular formula is C34H45BrN4O6. The van der Waals surface area contributed by atoms with Crippen LogP contribution in [0, 0.1) is 5.92 Å². The molecule has 1 atom stereocenters. The predicted molar refractivity (Wildman–Crippen MR) is 176 cm³/mol. The molecule has 244 valence electrons. The molecule has 1 saturated carbocycles. The molecule has 5 rings (SSSR count). The Labute approximate surface area is 274 Å². The highest BCUT2D eigenvalue weighted by Crippen LogP contribution is 2.35. The van der Waals surface area contributed by atoms with Gasteiger partial charge in [-0.2, -0.15) is 0 Å². The van der Waals surface area contributed by atoms with Crippen LogP contribution in [0.4, 0.5) is 10.5 Å².